The van der Waals surface area contributed by atoms with Crippen LogP contribution in [0.15, 0.2) is 24.7 Å². The van der Waals surface area contributed by atoms with Crippen molar-refractivity contribution in [2.24, 2.45) is 0 Å². The van der Waals surface area contributed by atoms with E-state index < -0.39 is 0 Å². The molecule has 2 N–H and O–H groups in total. The molecule has 1 unspecified atom stereocenters. The fraction of sp³-hybridized carbons (Fsp3) is 0.500. The first-order valence-electron chi connectivity index (χ1n) is 7.00. The molecule has 2 aromatic rings. The minimum Gasteiger partial charge on any atom is -0.365 e. The van der Waals surface area contributed by atoms with E-state index in [0.717, 1.165) is 30.9 Å². The van der Waals surface area contributed by atoms with E-state index in [9.17, 15) is 0 Å². The number of hydrogen-bond acceptors (Lipinski definition) is 5. The Bertz CT molecular complexity index is 522. The fourth-order valence-electron chi connectivity index (χ4n) is 1.88. The summed E-state index contributed by atoms with van der Waals surface area (Å²) < 4.78 is 1.91. The van der Waals surface area contributed by atoms with E-state index in [0.29, 0.717) is 5.95 Å². The molecule has 0 aliphatic heterocycles. The molecule has 0 spiro atoms. The lowest BCUT2D eigenvalue weighted by molar-refractivity contribution is 0.559. The van der Waals surface area contributed by atoms with Gasteiger partial charge >= 0.3 is 0 Å². The molecule has 20 heavy (non-hydrogen) atoms. The number of anilines is 2. The third-order valence-electron chi connectivity index (χ3n) is 2.91. The minimum absolute atomic E-state index is 0.238. The Morgan fingerprint density at radius 3 is 2.95 bits per heavy atom. The first-order valence-corrected chi connectivity index (χ1v) is 7.00. The highest BCUT2D eigenvalue weighted by molar-refractivity contribution is 5.46. The van der Waals surface area contributed by atoms with Gasteiger partial charge in [-0.25, -0.2) is 4.98 Å². The molecule has 0 saturated carbocycles. The Morgan fingerprint density at radius 2 is 2.25 bits per heavy atom. The molecule has 2 aromatic heterocycles. The molecule has 2 heterocycles. The van der Waals surface area contributed by atoms with Crippen molar-refractivity contribution in [1.82, 2.24) is 19.7 Å². The molecule has 108 valence electrons. The predicted octanol–water partition coefficient (Wildman–Crippen LogP) is 2.30. The van der Waals surface area contributed by atoms with E-state index in [-0.39, 0.29) is 6.04 Å². The fourth-order valence-corrected chi connectivity index (χ4v) is 1.88. The summed E-state index contributed by atoms with van der Waals surface area (Å²) in [6.45, 7) is 7.92. The van der Waals surface area contributed by atoms with E-state index in [1.165, 1.54) is 0 Å². The van der Waals surface area contributed by atoms with Crippen LogP contribution in [0.2, 0.25) is 0 Å². The van der Waals surface area contributed by atoms with E-state index in [4.69, 9.17) is 0 Å². The third kappa shape index (κ3) is 3.94. The van der Waals surface area contributed by atoms with Crippen molar-refractivity contribution >= 4 is 11.8 Å². The van der Waals surface area contributed by atoms with Crippen LogP contribution in [-0.4, -0.2) is 32.3 Å². The largest absolute Gasteiger partial charge is 0.365 e. The van der Waals surface area contributed by atoms with Gasteiger partial charge in [-0.1, -0.05) is 6.92 Å². The number of aryl methyl sites for hydroxylation is 1. The monoisotopic (exact) mass is 274 g/mol. The Balaban J connectivity index is 2.00. The quantitative estimate of drug-likeness (QED) is 0.811. The van der Waals surface area contributed by atoms with Gasteiger partial charge < -0.3 is 10.6 Å². The highest BCUT2D eigenvalue weighted by Crippen LogP contribution is 2.14. The van der Waals surface area contributed by atoms with Crippen molar-refractivity contribution in [3.63, 3.8) is 0 Å². The Morgan fingerprint density at radius 1 is 1.40 bits per heavy atom. The normalized spacial score (nSPS) is 12.2. The second-order valence-electron chi connectivity index (χ2n) is 4.93. The second kappa shape index (κ2) is 6.88. The molecule has 0 aliphatic carbocycles. The number of nitrogens with zero attached hydrogens (tertiary/aromatic N) is 4. The van der Waals surface area contributed by atoms with E-state index in [1.54, 1.807) is 6.20 Å². The highest BCUT2D eigenvalue weighted by atomic mass is 15.3. The zero-order chi connectivity index (χ0) is 14.4. The summed E-state index contributed by atoms with van der Waals surface area (Å²) in [5.41, 5.74) is 1.04. The summed E-state index contributed by atoms with van der Waals surface area (Å²) >= 11 is 0. The van der Waals surface area contributed by atoms with Crippen LogP contribution in [0.1, 0.15) is 25.8 Å². The second-order valence-corrected chi connectivity index (χ2v) is 4.93. The van der Waals surface area contributed by atoms with E-state index in [1.807, 2.05) is 30.1 Å². The van der Waals surface area contributed by atoms with Crippen molar-refractivity contribution in [3.05, 3.63) is 30.2 Å². The van der Waals surface area contributed by atoms with Crippen LogP contribution in [-0.2, 0) is 6.54 Å². The van der Waals surface area contributed by atoms with Gasteiger partial charge in [0.2, 0.25) is 5.95 Å². The smallest absolute Gasteiger partial charge is 0.224 e. The van der Waals surface area contributed by atoms with Gasteiger partial charge in [-0.2, -0.15) is 10.1 Å². The first kappa shape index (κ1) is 14.3. The molecule has 0 fully saturated rings. The number of nitrogens with one attached hydrogen (secondary N) is 2. The van der Waals surface area contributed by atoms with Gasteiger partial charge in [0.15, 0.2) is 0 Å². The van der Waals surface area contributed by atoms with Gasteiger partial charge in [0, 0.05) is 36.7 Å². The summed E-state index contributed by atoms with van der Waals surface area (Å²) in [7, 11) is 0. The summed E-state index contributed by atoms with van der Waals surface area (Å²) in [5, 5.41) is 10.8. The van der Waals surface area contributed by atoms with Crippen molar-refractivity contribution in [1.29, 1.82) is 0 Å². The zero-order valence-electron chi connectivity index (χ0n) is 12.3. The van der Waals surface area contributed by atoms with Crippen LogP contribution in [0, 0.1) is 6.92 Å². The molecule has 1 atom stereocenters. The first-order chi connectivity index (χ1) is 9.69. The van der Waals surface area contributed by atoms with Gasteiger partial charge in [-0.3, -0.25) is 4.68 Å². The lowest BCUT2D eigenvalue weighted by Gasteiger charge is -2.16. The predicted molar refractivity (Wildman–Crippen MR) is 80.9 cm³/mol. The van der Waals surface area contributed by atoms with Crippen LogP contribution >= 0.6 is 0 Å². The Labute approximate surface area is 119 Å². The van der Waals surface area contributed by atoms with Gasteiger partial charge in [0.1, 0.15) is 5.82 Å². The van der Waals surface area contributed by atoms with E-state index in [2.05, 4.69) is 39.5 Å². The van der Waals surface area contributed by atoms with Crippen LogP contribution in [0.5, 0.6) is 0 Å². The van der Waals surface area contributed by atoms with Crippen molar-refractivity contribution in [2.75, 3.05) is 17.2 Å². The van der Waals surface area contributed by atoms with Crippen molar-refractivity contribution < 1.29 is 0 Å². The molecule has 0 aliphatic rings. The summed E-state index contributed by atoms with van der Waals surface area (Å²) in [4.78, 5) is 8.80. The molecule has 6 heteroatoms. The van der Waals surface area contributed by atoms with Gasteiger partial charge in [-0.15, -0.1) is 0 Å². The maximum atomic E-state index is 4.52. The minimum atomic E-state index is 0.238. The zero-order valence-corrected chi connectivity index (χ0v) is 12.3. The molecule has 0 aromatic carbocycles. The van der Waals surface area contributed by atoms with Crippen LogP contribution in [0.25, 0.3) is 0 Å². The Kier molecular flexibility index (Phi) is 4.92. The summed E-state index contributed by atoms with van der Waals surface area (Å²) in [6, 6.07) is 2.16. The van der Waals surface area contributed by atoms with Gasteiger partial charge in [0.25, 0.3) is 0 Å². The SMILES string of the molecule is CCCNc1ncc(C)c(NC(C)Cn2cccn2)n1. The average Bonchev–Trinajstić information content (AvgIpc) is 2.92. The average molecular weight is 274 g/mol. The lowest BCUT2D eigenvalue weighted by atomic mass is 10.3. The van der Waals surface area contributed by atoms with Crippen LogP contribution < -0.4 is 10.6 Å². The maximum Gasteiger partial charge on any atom is 0.224 e. The standard InChI is InChI=1S/C14H22N6/c1-4-6-15-14-16-9-11(2)13(19-14)18-12(3)10-20-8-5-7-17-20/h5,7-9,12H,4,6,10H2,1-3H3,(H2,15,16,18,19). The number of rotatable bonds is 7. The summed E-state index contributed by atoms with van der Waals surface area (Å²) in [5.74, 6) is 1.55. The number of hydrogen-bond donors (Lipinski definition) is 2. The summed E-state index contributed by atoms with van der Waals surface area (Å²) in [6.07, 6.45) is 6.64. The molecule has 2 rings (SSSR count). The lowest BCUT2D eigenvalue weighted by Crippen LogP contribution is -2.23. The Hall–Kier alpha value is -2.11. The molecular formula is C14H22N6. The third-order valence-corrected chi connectivity index (χ3v) is 2.91. The number of aromatic nitrogens is 4. The van der Waals surface area contributed by atoms with E-state index >= 15 is 0 Å². The van der Waals surface area contributed by atoms with Gasteiger partial charge in [0.05, 0.1) is 6.54 Å². The van der Waals surface area contributed by atoms with Crippen molar-refractivity contribution in [3.8, 4) is 0 Å². The van der Waals surface area contributed by atoms with Crippen LogP contribution in [0.4, 0.5) is 11.8 Å². The highest BCUT2D eigenvalue weighted by Gasteiger charge is 2.08. The molecule has 6 nitrogen and oxygen atoms in total. The topological polar surface area (TPSA) is 67.7 Å². The van der Waals surface area contributed by atoms with Crippen molar-refractivity contribution in [2.45, 2.75) is 39.8 Å². The van der Waals surface area contributed by atoms with Gasteiger partial charge in [-0.05, 0) is 26.3 Å². The molecule has 0 amide bonds. The molecular weight excluding hydrogens is 252 g/mol. The van der Waals surface area contributed by atoms with Crippen LogP contribution in [0.3, 0.4) is 0 Å². The molecule has 0 saturated heterocycles. The maximum absolute atomic E-state index is 4.52. The molecule has 0 radical (unpaired) electrons. The molecule has 0 bridgehead atoms.